The maximum atomic E-state index is 10.9. The molecular weight excluding hydrogens is 210 g/mol. The Morgan fingerprint density at radius 1 is 1.41 bits per heavy atom. The average Bonchev–Trinajstić information content (AvgIpc) is 2.24. The van der Waals surface area contributed by atoms with Gasteiger partial charge in [0, 0.05) is 23.8 Å². The number of carbonyl (C=O) groups is 1. The summed E-state index contributed by atoms with van der Waals surface area (Å²) in [6, 6.07) is 4.03. The van der Waals surface area contributed by atoms with Crippen LogP contribution in [0.2, 0.25) is 0 Å². The molecule has 1 aliphatic rings. The Balaban J connectivity index is 2.64. The molecule has 17 heavy (non-hydrogen) atoms. The average molecular weight is 231 g/mol. The molecule has 0 saturated heterocycles. The number of aryl methyl sites for hydroxylation is 1. The number of hydrogen-bond acceptors (Lipinski definition) is 2. The minimum Gasteiger partial charge on any atom is -0.369 e. The van der Waals surface area contributed by atoms with Crippen molar-refractivity contribution in [2.75, 3.05) is 11.9 Å². The van der Waals surface area contributed by atoms with E-state index in [9.17, 15) is 4.79 Å². The van der Waals surface area contributed by atoms with Crippen LogP contribution in [0.3, 0.4) is 0 Å². The molecule has 0 N–H and O–H groups in total. The van der Waals surface area contributed by atoms with Crippen LogP contribution in [-0.2, 0) is 0 Å². The molecule has 92 valence electrons. The highest BCUT2D eigenvalue weighted by atomic mass is 16.1. The first-order valence-corrected chi connectivity index (χ1v) is 6.20. The van der Waals surface area contributed by atoms with Gasteiger partial charge < -0.3 is 4.90 Å². The first-order chi connectivity index (χ1) is 7.86. The fourth-order valence-corrected chi connectivity index (χ4v) is 3.04. The van der Waals surface area contributed by atoms with Gasteiger partial charge in [-0.3, -0.25) is 4.79 Å². The number of hydrogen-bond donors (Lipinski definition) is 0. The van der Waals surface area contributed by atoms with Crippen molar-refractivity contribution in [3.05, 3.63) is 28.8 Å². The van der Waals surface area contributed by atoms with Crippen LogP contribution < -0.4 is 4.90 Å². The molecule has 1 atom stereocenters. The zero-order valence-corrected chi connectivity index (χ0v) is 11.4. The van der Waals surface area contributed by atoms with E-state index in [4.69, 9.17) is 0 Å². The van der Waals surface area contributed by atoms with Crippen molar-refractivity contribution in [2.45, 2.75) is 45.6 Å². The number of fused-ring (bicyclic) bond motifs is 1. The first kappa shape index (κ1) is 12.2. The van der Waals surface area contributed by atoms with Gasteiger partial charge in [0.1, 0.15) is 6.29 Å². The minimum absolute atomic E-state index is 0.180. The largest absolute Gasteiger partial charge is 0.369 e. The van der Waals surface area contributed by atoms with Gasteiger partial charge in [0.25, 0.3) is 0 Å². The molecule has 0 amide bonds. The monoisotopic (exact) mass is 231 g/mol. The highest BCUT2D eigenvalue weighted by Crippen LogP contribution is 2.44. The molecule has 1 heterocycles. The van der Waals surface area contributed by atoms with Crippen LogP contribution in [-0.4, -0.2) is 18.9 Å². The predicted octanol–water partition coefficient (Wildman–Crippen LogP) is 3.53. The van der Waals surface area contributed by atoms with E-state index in [1.165, 1.54) is 16.8 Å². The molecule has 0 aliphatic carbocycles. The van der Waals surface area contributed by atoms with Gasteiger partial charge in [-0.05, 0) is 56.4 Å². The van der Waals surface area contributed by atoms with Crippen LogP contribution in [0.15, 0.2) is 12.1 Å². The number of nitrogens with zero attached hydrogens (tertiary/aromatic N) is 1. The van der Waals surface area contributed by atoms with E-state index in [-0.39, 0.29) is 5.54 Å². The lowest BCUT2D eigenvalue weighted by molar-refractivity contribution is 0.112. The van der Waals surface area contributed by atoms with Gasteiger partial charge in [-0.15, -0.1) is 0 Å². The van der Waals surface area contributed by atoms with Crippen LogP contribution in [0.5, 0.6) is 0 Å². The van der Waals surface area contributed by atoms with Gasteiger partial charge in [-0.25, -0.2) is 0 Å². The summed E-state index contributed by atoms with van der Waals surface area (Å²) < 4.78 is 0. The zero-order chi connectivity index (χ0) is 12.8. The third-order valence-corrected chi connectivity index (χ3v) is 4.07. The number of carbonyl (C=O) groups excluding carboxylic acids is 1. The Morgan fingerprint density at radius 3 is 2.65 bits per heavy atom. The van der Waals surface area contributed by atoms with Gasteiger partial charge in [-0.1, -0.05) is 6.92 Å². The Hall–Kier alpha value is -1.31. The zero-order valence-electron chi connectivity index (χ0n) is 11.4. The van der Waals surface area contributed by atoms with E-state index < -0.39 is 0 Å². The maximum absolute atomic E-state index is 10.9. The maximum Gasteiger partial charge on any atom is 0.150 e. The fourth-order valence-electron chi connectivity index (χ4n) is 3.04. The Labute approximate surface area is 104 Å². The molecule has 0 fully saturated rings. The van der Waals surface area contributed by atoms with Gasteiger partial charge in [0.05, 0.1) is 0 Å². The normalized spacial score (nSPS) is 22.2. The standard InChI is InChI=1S/C15H21NO/c1-10-6-12(9-17)7-13-11(2)8-15(3,4)16(5)14(10)13/h6-7,9,11H,8H2,1-5H3/t11-/m1/s1. The van der Waals surface area contributed by atoms with Crippen molar-refractivity contribution in [1.29, 1.82) is 0 Å². The van der Waals surface area contributed by atoms with Gasteiger partial charge >= 0.3 is 0 Å². The second-order valence-electron chi connectivity index (χ2n) is 5.87. The molecule has 0 aromatic heterocycles. The van der Waals surface area contributed by atoms with E-state index in [2.05, 4.69) is 39.6 Å². The second kappa shape index (κ2) is 3.86. The Bertz CT molecular complexity index is 462. The Morgan fingerprint density at radius 2 is 2.06 bits per heavy atom. The van der Waals surface area contributed by atoms with Crippen molar-refractivity contribution in [3.63, 3.8) is 0 Å². The summed E-state index contributed by atoms with van der Waals surface area (Å²) in [5.74, 6) is 0.509. The lowest BCUT2D eigenvalue weighted by Gasteiger charge is -2.46. The van der Waals surface area contributed by atoms with Crippen molar-refractivity contribution >= 4 is 12.0 Å². The molecule has 0 radical (unpaired) electrons. The van der Waals surface area contributed by atoms with E-state index >= 15 is 0 Å². The third-order valence-electron chi connectivity index (χ3n) is 4.07. The van der Waals surface area contributed by atoms with E-state index in [0.717, 1.165) is 18.3 Å². The van der Waals surface area contributed by atoms with Crippen molar-refractivity contribution in [1.82, 2.24) is 0 Å². The highest BCUT2D eigenvalue weighted by Gasteiger charge is 2.35. The van der Waals surface area contributed by atoms with Crippen molar-refractivity contribution in [3.8, 4) is 0 Å². The van der Waals surface area contributed by atoms with Crippen LogP contribution in [0, 0.1) is 6.92 Å². The summed E-state index contributed by atoms with van der Waals surface area (Å²) in [5, 5.41) is 0. The minimum atomic E-state index is 0.180. The van der Waals surface area contributed by atoms with Gasteiger partial charge in [0.15, 0.2) is 0 Å². The summed E-state index contributed by atoms with van der Waals surface area (Å²) >= 11 is 0. The summed E-state index contributed by atoms with van der Waals surface area (Å²) in [5.41, 5.74) is 4.79. The number of rotatable bonds is 1. The van der Waals surface area contributed by atoms with Crippen LogP contribution in [0.4, 0.5) is 5.69 Å². The number of benzene rings is 1. The topological polar surface area (TPSA) is 20.3 Å². The lowest BCUT2D eigenvalue weighted by atomic mass is 9.79. The quantitative estimate of drug-likeness (QED) is 0.689. The van der Waals surface area contributed by atoms with Crippen molar-refractivity contribution < 1.29 is 4.79 Å². The van der Waals surface area contributed by atoms with E-state index in [1.54, 1.807) is 0 Å². The molecule has 1 aliphatic heterocycles. The molecule has 2 rings (SSSR count). The molecule has 0 saturated carbocycles. The molecule has 0 unspecified atom stereocenters. The lowest BCUT2D eigenvalue weighted by Crippen LogP contribution is -2.46. The van der Waals surface area contributed by atoms with Crippen LogP contribution in [0.25, 0.3) is 0 Å². The van der Waals surface area contributed by atoms with E-state index in [0.29, 0.717) is 5.92 Å². The fraction of sp³-hybridized carbons (Fsp3) is 0.533. The molecule has 1 aromatic carbocycles. The molecule has 0 spiro atoms. The van der Waals surface area contributed by atoms with Crippen molar-refractivity contribution in [2.24, 2.45) is 0 Å². The van der Waals surface area contributed by atoms with Crippen LogP contribution in [0.1, 0.15) is 54.6 Å². The number of anilines is 1. The summed E-state index contributed by atoms with van der Waals surface area (Å²) in [7, 11) is 2.15. The van der Waals surface area contributed by atoms with Gasteiger partial charge in [-0.2, -0.15) is 0 Å². The third kappa shape index (κ3) is 1.86. The smallest absolute Gasteiger partial charge is 0.150 e. The predicted molar refractivity (Wildman–Crippen MR) is 72.1 cm³/mol. The first-order valence-electron chi connectivity index (χ1n) is 6.20. The summed E-state index contributed by atoms with van der Waals surface area (Å²) in [6.07, 6.45) is 2.07. The Kier molecular flexibility index (Phi) is 2.76. The second-order valence-corrected chi connectivity index (χ2v) is 5.87. The molecular formula is C15H21NO. The van der Waals surface area contributed by atoms with Crippen LogP contribution >= 0.6 is 0 Å². The highest BCUT2D eigenvalue weighted by molar-refractivity contribution is 5.79. The molecule has 2 heteroatoms. The SMILES string of the molecule is Cc1cc(C=O)cc2c1N(C)C(C)(C)C[C@H]2C. The van der Waals surface area contributed by atoms with Gasteiger partial charge in [0.2, 0.25) is 0 Å². The number of aldehydes is 1. The van der Waals surface area contributed by atoms with E-state index in [1.807, 2.05) is 12.1 Å². The molecule has 0 bridgehead atoms. The summed E-state index contributed by atoms with van der Waals surface area (Å²) in [6.45, 7) is 8.90. The molecule has 1 aromatic rings. The molecule has 2 nitrogen and oxygen atoms in total. The summed E-state index contributed by atoms with van der Waals surface area (Å²) in [4.78, 5) is 13.3.